The van der Waals surface area contributed by atoms with Crippen LogP contribution < -0.4 is 9.86 Å². The average molecular weight is 415 g/mol. The van der Waals surface area contributed by atoms with Crippen molar-refractivity contribution in [2.75, 3.05) is 4.72 Å². The number of thiophene rings is 1. The van der Waals surface area contributed by atoms with Crippen LogP contribution in [-0.4, -0.2) is 16.8 Å². The lowest BCUT2D eigenvalue weighted by Crippen LogP contribution is -2.16. The third-order valence-corrected chi connectivity index (χ3v) is 7.29. The van der Waals surface area contributed by atoms with Gasteiger partial charge in [-0.15, -0.1) is 11.3 Å². The molecule has 0 aliphatic heterocycles. The van der Waals surface area contributed by atoms with Crippen molar-refractivity contribution in [3.63, 3.8) is 0 Å². The van der Waals surface area contributed by atoms with Gasteiger partial charge in [-0.2, -0.15) is 0 Å². The van der Waals surface area contributed by atoms with Gasteiger partial charge in [0, 0.05) is 4.47 Å². The second-order valence-corrected chi connectivity index (χ2v) is 9.06. The van der Waals surface area contributed by atoms with Crippen molar-refractivity contribution < 1.29 is 21.2 Å². The summed E-state index contributed by atoms with van der Waals surface area (Å²) in [6.45, 7) is 0. The van der Waals surface area contributed by atoms with Crippen LogP contribution in [0.5, 0.6) is 0 Å². The van der Waals surface area contributed by atoms with Crippen molar-refractivity contribution in [3.05, 3.63) is 39.9 Å². The summed E-state index contributed by atoms with van der Waals surface area (Å²) in [5.41, 5.74) is -0.498. The summed E-state index contributed by atoms with van der Waals surface area (Å²) < 4.78 is 62.6. The van der Waals surface area contributed by atoms with E-state index in [0.717, 1.165) is 29.5 Å². The molecule has 114 valence electrons. The molecule has 3 N–H and O–H groups in total. The third kappa shape index (κ3) is 3.61. The Morgan fingerprint density at radius 1 is 1.19 bits per heavy atom. The molecular formula is C10H8BrFN2O4S3. The summed E-state index contributed by atoms with van der Waals surface area (Å²) in [6.07, 6.45) is 0. The van der Waals surface area contributed by atoms with Gasteiger partial charge < -0.3 is 0 Å². The molecule has 1 heterocycles. The molecule has 21 heavy (non-hydrogen) atoms. The fourth-order valence-corrected chi connectivity index (χ4v) is 5.36. The van der Waals surface area contributed by atoms with Crippen LogP contribution in [0.25, 0.3) is 0 Å². The molecule has 0 amide bonds. The van der Waals surface area contributed by atoms with Crippen LogP contribution >= 0.6 is 27.3 Å². The molecule has 6 nitrogen and oxygen atoms in total. The van der Waals surface area contributed by atoms with Crippen LogP contribution in [0.15, 0.2) is 43.2 Å². The number of rotatable bonds is 4. The normalized spacial score (nSPS) is 12.3. The van der Waals surface area contributed by atoms with E-state index in [1.165, 1.54) is 11.4 Å². The number of halogens is 2. The number of nitrogens with two attached hydrogens (primary N) is 1. The molecule has 0 fully saturated rings. The van der Waals surface area contributed by atoms with E-state index in [0.29, 0.717) is 4.47 Å². The maximum Gasteiger partial charge on any atom is 0.272 e. The Kier molecular flexibility index (Phi) is 4.40. The van der Waals surface area contributed by atoms with Crippen LogP contribution in [0.1, 0.15) is 0 Å². The molecule has 0 bridgehead atoms. The first kappa shape index (κ1) is 16.4. The highest BCUT2D eigenvalue weighted by atomic mass is 79.9. The van der Waals surface area contributed by atoms with Crippen LogP contribution in [0.3, 0.4) is 0 Å². The summed E-state index contributed by atoms with van der Waals surface area (Å²) in [5.74, 6) is -0.918. The SMILES string of the molecule is NS(=O)(=O)c1ccc(F)c(NS(=O)(=O)c2sccc2Br)c1. The van der Waals surface area contributed by atoms with Crippen LogP contribution in [0, 0.1) is 5.82 Å². The number of sulfonamides is 2. The second kappa shape index (κ2) is 5.65. The van der Waals surface area contributed by atoms with Gasteiger partial charge in [-0.1, -0.05) is 0 Å². The van der Waals surface area contributed by atoms with Gasteiger partial charge >= 0.3 is 0 Å². The topological polar surface area (TPSA) is 106 Å². The fraction of sp³-hybridized carbons (Fsp3) is 0. The van der Waals surface area contributed by atoms with Gasteiger partial charge in [0.25, 0.3) is 10.0 Å². The smallest absolute Gasteiger partial charge is 0.272 e. The van der Waals surface area contributed by atoms with Gasteiger partial charge in [0.1, 0.15) is 5.82 Å². The summed E-state index contributed by atoms with van der Waals surface area (Å²) in [6, 6.07) is 4.12. The molecule has 0 saturated carbocycles. The highest BCUT2D eigenvalue weighted by molar-refractivity contribution is 9.10. The predicted octanol–water partition coefficient (Wildman–Crippen LogP) is 2.10. The van der Waals surface area contributed by atoms with Gasteiger partial charge in [0.2, 0.25) is 10.0 Å². The minimum atomic E-state index is -4.07. The minimum Gasteiger partial charge on any atom is -0.276 e. The van der Waals surface area contributed by atoms with E-state index < -0.39 is 36.4 Å². The molecule has 0 aliphatic rings. The Morgan fingerprint density at radius 2 is 1.86 bits per heavy atom. The Hall–Kier alpha value is -1.01. The number of anilines is 1. The standard InChI is InChI=1S/C10H8BrFN2O4S3/c11-7-3-4-19-10(7)21(17,18)14-9-5-6(20(13,15)16)1-2-8(9)12/h1-5,14H,(H2,13,15,16). The van der Waals surface area contributed by atoms with Gasteiger partial charge in [-0.05, 0) is 45.6 Å². The maximum absolute atomic E-state index is 13.7. The summed E-state index contributed by atoms with van der Waals surface area (Å²) in [5, 5.41) is 6.46. The lowest BCUT2D eigenvalue weighted by atomic mass is 10.3. The molecule has 0 aliphatic carbocycles. The zero-order valence-electron chi connectivity index (χ0n) is 10.1. The Labute approximate surface area is 133 Å². The van der Waals surface area contributed by atoms with E-state index in [1.807, 2.05) is 4.72 Å². The van der Waals surface area contributed by atoms with Crippen LogP contribution in [-0.2, 0) is 20.0 Å². The number of hydrogen-bond acceptors (Lipinski definition) is 5. The molecule has 0 unspecified atom stereocenters. The van der Waals surface area contributed by atoms with Crippen LogP contribution in [0.2, 0.25) is 0 Å². The fourth-order valence-electron chi connectivity index (χ4n) is 1.42. The van der Waals surface area contributed by atoms with Gasteiger partial charge in [0.05, 0.1) is 10.6 Å². The Balaban J connectivity index is 2.47. The number of benzene rings is 1. The molecular weight excluding hydrogens is 407 g/mol. The molecule has 11 heteroatoms. The van der Waals surface area contributed by atoms with Crippen LogP contribution in [0.4, 0.5) is 10.1 Å². The molecule has 0 radical (unpaired) electrons. The molecule has 0 atom stereocenters. The third-order valence-electron chi connectivity index (χ3n) is 2.34. The molecule has 1 aromatic heterocycles. The molecule has 2 aromatic rings. The maximum atomic E-state index is 13.7. The zero-order valence-corrected chi connectivity index (χ0v) is 14.1. The van der Waals surface area contributed by atoms with E-state index in [4.69, 9.17) is 5.14 Å². The molecule has 0 spiro atoms. The Bertz CT molecular complexity index is 893. The first-order chi connectivity index (χ1) is 9.61. The number of primary sulfonamides is 1. The molecule has 2 rings (SSSR count). The molecule has 1 aromatic carbocycles. The zero-order chi connectivity index (χ0) is 15.8. The van der Waals surface area contributed by atoms with E-state index in [2.05, 4.69) is 15.9 Å². The average Bonchev–Trinajstić information content (AvgIpc) is 2.77. The highest BCUT2D eigenvalue weighted by Gasteiger charge is 2.22. The van der Waals surface area contributed by atoms with Crippen molar-refractivity contribution in [1.82, 2.24) is 0 Å². The van der Waals surface area contributed by atoms with E-state index >= 15 is 0 Å². The summed E-state index contributed by atoms with van der Waals surface area (Å²) >= 11 is 3.99. The van der Waals surface area contributed by atoms with Gasteiger partial charge in [-0.25, -0.2) is 26.4 Å². The number of hydrogen-bond donors (Lipinski definition) is 2. The number of nitrogens with one attached hydrogen (secondary N) is 1. The minimum absolute atomic E-state index is 0.0529. The first-order valence-electron chi connectivity index (χ1n) is 5.19. The summed E-state index contributed by atoms with van der Waals surface area (Å²) in [4.78, 5) is -0.396. The monoisotopic (exact) mass is 414 g/mol. The van der Waals surface area contributed by atoms with Crippen molar-refractivity contribution in [1.29, 1.82) is 0 Å². The van der Waals surface area contributed by atoms with Crippen molar-refractivity contribution in [2.24, 2.45) is 5.14 Å². The van der Waals surface area contributed by atoms with Crippen molar-refractivity contribution in [2.45, 2.75) is 9.10 Å². The lowest BCUT2D eigenvalue weighted by molar-refractivity contribution is 0.594. The largest absolute Gasteiger partial charge is 0.276 e. The van der Waals surface area contributed by atoms with E-state index in [9.17, 15) is 21.2 Å². The lowest BCUT2D eigenvalue weighted by Gasteiger charge is -2.09. The first-order valence-corrected chi connectivity index (χ1v) is 9.89. The summed E-state index contributed by atoms with van der Waals surface area (Å²) in [7, 11) is -8.11. The van der Waals surface area contributed by atoms with Crippen molar-refractivity contribution in [3.8, 4) is 0 Å². The van der Waals surface area contributed by atoms with E-state index in [1.54, 1.807) is 0 Å². The highest BCUT2D eigenvalue weighted by Crippen LogP contribution is 2.30. The Morgan fingerprint density at radius 3 is 2.38 bits per heavy atom. The second-order valence-electron chi connectivity index (χ2n) is 3.85. The quantitative estimate of drug-likeness (QED) is 0.798. The van der Waals surface area contributed by atoms with Gasteiger partial charge in [0.15, 0.2) is 4.21 Å². The van der Waals surface area contributed by atoms with Gasteiger partial charge in [-0.3, -0.25) is 4.72 Å². The molecule has 0 saturated heterocycles. The van der Waals surface area contributed by atoms with Crippen molar-refractivity contribution >= 4 is 53.0 Å². The van der Waals surface area contributed by atoms with E-state index in [-0.39, 0.29) is 4.21 Å². The predicted molar refractivity (Wildman–Crippen MR) is 80.6 cm³/mol.